The van der Waals surface area contributed by atoms with Gasteiger partial charge in [-0.15, -0.1) is 0 Å². The molecule has 1 spiro atoms. The van der Waals surface area contributed by atoms with E-state index >= 15 is 0 Å². The van der Waals surface area contributed by atoms with Crippen molar-refractivity contribution >= 4 is 0 Å². The fourth-order valence-corrected chi connectivity index (χ4v) is 4.28. The van der Waals surface area contributed by atoms with Crippen molar-refractivity contribution < 1.29 is 9.47 Å². The molecule has 2 heterocycles. The second-order valence-corrected chi connectivity index (χ2v) is 7.28. The lowest BCUT2D eigenvalue weighted by atomic mass is 9.88. The number of piperidine rings is 1. The SMILES string of the molecule is CC(C)N(CC1CCCCN1)C1CCC2(CC1)OCCO2. The van der Waals surface area contributed by atoms with E-state index in [9.17, 15) is 0 Å². The van der Waals surface area contributed by atoms with Gasteiger partial charge in [0, 0.05) is 37.5 Å². The van der Waals surface area contributed by atoms with Crippen LogP contribution in [0.3, 0.4) is 0 Å². The maximum absolute atomic E-state index is 5.87. The molecule has 3 rings (SSSR count). The van der Waals surface area contributed by atoms with E-state index in [0.717, 1.165) is 26.1 Å². The van der Waals surface area contributed by atoms with Crippen LogP contribution in [0.2, 0.25) is 0 Å². The number of rotatable bonds is 4. The van der Waals surface area contributed by atoms with E-state index < -0.39 is 0 Å². The molecule has 1 saturated carbocycles. The number of nitrogens with one attached hydrogen (secondary N) is 1. The van der Waals surface area contributed by atoms with Crippen molar-refractivity contribution in [2.24, 2.45) is 0 Å². The lowest BCUT2D eigenvalue weighted by Crippen LogP contribution is -2.52. The van der Waals surface area contributed by atoms with Crippen molar-refractivity contribution in [1.82, 2.24) is 10.2 Å². The van der Waals surface area contributed by atoms with Gasteiger partial charge in [-0.2, -0.15) is 0 Å². The molecule has 0 aromatic heterocycles. The Balaban J connectivity index is 1.54. The Labute approximate surface area is 129 Å². The first-order valence-corrected chi connectivity index (χ1v) is 8.96. The van der Waals surface area contributed by atoms with Crippen LogP contribution >= 0.6 is 0 Å². The Kier molecular flexibility index (Phi) is 5.20. The fraction of sp³-hybridized carbons (Fsp3) is 1.00. The summed E-state index contributed by atoms with van der Waals surface area (Å²) in [5, 5.41) is 3.70. The summed E-state index contributed by atoms with van der Waals surface area (Å²) in [5.41, 5.74) is 0. The predicted molar refractivity (Wildman–Crippen MR) is 84.4 cm³/mol. The Bertz CT molecular complexity index is 313. The van der Waals surface area contributed by atoms with Crippen LogP contribution in [0.1, 0.15) is 58.8 Å². The minimum absolute atomic E-state index is 0.220. The van der Waals surface area contributed by atoms with Gasteiger partial charge in [0.05, 0.1) is 13.2 Å². The molecule has 1 aliphatic carbocycles. The summed E-state index contributed by atoms with van der Waals surface area (Å²) in [5.74, 6) is -0.220. The number of ether oxygens (including phenoxy) is 2. The molecule has 0 radical (unpaired) electrons. The van der Waals surface area contributed by atoms with Gasteiger partial charge in [-0.1, -0.05) is 6.42 Å². The standard InChI is InChI=1S/C17H32N2O2/c1-14(2)19(13-15-5-3-4-10-18-15)16-6-8-17(9-7-16)20-11-12-21-17/h14-16,18H,3-13H2,1-2H3. The highest BCUT2D eigenvalue weighted by Crippen LogP contribution is 2.37. The molecule has 2 aliphatic heterocycles. The smallest absolute Gasteiger partial charge is 0.168 e. The molecule has 3 aliphatic rings. The van der Waals surface area contributed by atoms with Gasteiger partial charge >= 0.3 is 0 Å². The maximum atomic E-state index is 5.87. The maximum Gasteiger partial charge on any atom is 0.168 e. The van der Waals surface area contributed by atoms with Crippen molar-refractivity contribution in [2.75, 3.05) is 26.3 Å². The Morgan fingerprint density at radius 2 is 1.81 bits per heavy atom. The van der Waals surface area contributed by atoms with Gasteiger partial charge in [0.1, 0.15) is 0 Å². The molecule has 1 unspecified atom stereocenters. The van der Waals surface area contributed by atoms with Gasteiger partial charge in [-0.25, -0.2) is 0 Å². The molecular weight excluding hydrogens is 264 g/mol. The fourth-order valence-electron chi connectivity index (χ4n) is 4.28. The zero-order chi connectivity index (χ0) is 14.7. The monoisotopic (exact) mass is 296 g/mol. The zero-order valence-corrected chi connectivity index (χ0v) is 13.8. The van der Waals surface area contributed by atoms with Gasteiger partial charge in [0.2, 0.25) is 0 Å². The first-order valence-electron chi connectivity index (χ1n) is 8.96. The van der Waals surface area contributed by atoms with Crippen molar-refractivity contribution in [2.45, 2.75) is 82.7 Å². The van der Waals surface area contributed by atoms with Gasteiger partial charge in [0.25, 0.3) is 0 Å². The first-order chi connectivity index (χ1) is 10.2. The van der Waals surface area contributed by atoms with Crippen LogP contribution in [0.5, 0.6) is 0 Å². The summed E-state index contributed by atoms with van der Waals surface area (Å²) >= 11 is 0. The third-order valence-corrected chi connectivity index (χ3v) is 5.51. The van der Waals surface area contributed by atoms with E-state index in [2.05, 4.69) is 24.1 Å². The normalized spacial score (nSPS) is 30.6. The summed E-state index contributed by atoms with van der Waals surface area (Å²) < 4.78 is 11.7. The molecule has 0 aromatic carbocycles. The zero-order valence-electron chi connectivity index (χ0n) is 13.8. The van der Waals surface area contributed by atoms with E-state index in [1.165, 1.54) is 45.2 Å². The number of nitrogens with zero attached hydrogens (tertiary/aromatic N) is 1. The average Bonchev–Trinajstić information content (AvgIpc) is 2.95. The number of hydrogen-bond acceptors (Lipinski definition) is 4. The summed E-state index contributed by atoms with van der Waals surface area (Å²) in [6, 6.07) is 2.02. The highest BCUT2D eigenvalue weighted by atomic mass is 16.7. The van der Waals surface area contributed by atoms with Gasteiger partial charge in [-0.3, -0.25) is 4.90 Å². The summed E-state index contributed by atoms with van der Waals surface area (Å²) in [6.45, 7) is 8.66. The highest BCUT2D eigenvalue weighted by molar-refractivity contribution is 4.89. The van der Waals surface area contributed by atoms with E-state index in [0.29, 0.717) is 18.1 Å². The average molecular weight is 296 g/mol. The molecule has 1 N–H and O–H groups in total. The molecule has 4 nitrogen and oxygen atoms in total. The molecule has 3 fully saturated rings. The minimum Gasteiger partial charge on any atom is -0.348 e. The van der Waals surface area contributed by atoms with Crippen molar-refractivity contribution in [3.63, 3.8) is 0 Å². The quantitative estimate of drug-likeness (QED) is 0.864. The Morgan fingerprint density at radius 1 is 1.10 bits per heavy atom. The third kappa shape index (κ3) is 3.79. The summed E-state index contributed by atoms with van der Waals surface area (Å²) in [6.07, 6.45) is 8.64. The predicted octanol–water partition coefficient (Wildman–Crippen LogP) is 2.52. The lowest BCUT2D eigenvalue weighted by Gasteiger charge is -2.43. The van der Waals surface area contributed by atoms with Crippen LogP contribution in [0, 0.1) is 0 Å². The largest absolute Gasteiger partial charge is 0.348 e. The second-order valence-electron chi connectivity index (χ2n) is 7.28. The molecule has 0 bridgehead atoms. The molecule has 0 aromatic rings. The van der Waals surface area contributed by atoms with Crippen molar-refractivity contribution in [3.8, 4) is 0 Å². The van der Waals surface area contributed by atoms with E-state index in [-0.39, 0.29) is 5.79 Å². The third-order valence-electron chi connectivity index (χ3n) is 5.51. The van der Waals surface area contributed by atoms with Crippen LogP contribution in [0.4, 0.5) is 0 Å². The Morgan fingerprint density at radius 3 is 2.38 bits per heavy atom. The van der Waals surface area contributed by atoms with Crippen LogP contribution in [-0.2, 0) is 9.47 Å². The topological polar surface area (TPSA) is 33.7 Å². The molecule has 4 heteroatoms. The molecule has 1 atom stereocenters. The van der Waals surface area contributed by atoms with E-state index in [1.807, 2.05) is 0 Å². The van der Waals surface area contributed by atoms with Crippen molar-refractivity contribution in [3.05, 3.63) is 0 Å². The summed E-state index contributed by atoms with van der Waals surface area (Å²) in [4.78, 5) is 2.73. The summed E-state index contributed by atoms with van der Waals surface area (Å²) in [7, 11) is 0. The first kappa shape index (κ1) is 15.7. The van der Waals surface area contributed by atoms with Crippen LogP contribution in [0.25, 0.3) is 0 Å². The van der Waals surface area contributed by atoms with E-state index in [4.69, 9.17) is 9.47 Å². The van der Waals surface area contributed by atoms with Gasteiger partial charge in [0.15, 0.2) is 5.79 Å². The molecule has 21 heavy (non-hydrogen) atoms. The highest BCUT2D eigenvalue weighted by Gasteiger charge is 2.42. The van der Waals surface area contributed by atoms with Gasteiger partial charge < -0.3 is 14.8 Å². The Hall–Kier alpha value is -0.160. The minimum atomic E-state index is -0.220. The molecular formula is C17H32N2O2. The second kappa shape index (κ2) is 6.95. The number of hydrogen-bond donors (Lipinski definition) is 1. The molecule has 2 saturated heterocycles. The van der Waals surface area contributed by atoms with Crippen LogP contribution in [-0.4, -0.2) is 55.1 Å². The molecule has 0 amide bonds. The van der Waals surface area contributed by atoms with Crippen molar-refractivity contribution in [1.29, 1.82) is 0 Å². The van der Waals surface area contributed by atoms with Crippen LogP contribution < -0.4 is 5.32 Å². The van der Waals surface area contributed by atoms with E-state index in [1.54, 1.807) is 0 Å². The van der Waals surface area contributed by atoms with Crippen LogP contribution in [0.15, 0.2) is 0 Å². The lowest BCUT2D eigenvalue weighted by molar-refractivity contribution is -0.185. The molecule has 122 valence electrons. The van der Waals surface area contributed by atoms with Gasteiger partial charge in [-0.05, 0) is 46.1 Å².